The highest BCUT2D eigenvalue weighted by Gasteiger charge is 2.17. The molecule has 0 saturated carbocycles. The third kappa shape index (κ3) is 5.82. The van der Waals surface area contributed by atoms with E-state index in [-0.39, 0.29) is 0 Å². The number of hydrogen-bond acceptors (Lipinski definition) is 3. The molecule has 0 aliphatic carbocycles. The second kappa shape index (κ2) is 6.74. The van der Waals surface area contributed by atoms with Crippen molar-refractivity contribution in [1.82, 2.24) is 4.90 Å². The van der Waals surface area contributed by atoms with Gasteiger partial charge in [-0.05, 0) is 32.4 Å². The van der Waals surface area contributed by atoms with Gasteiger partial charge in [0.05, 0.1) is 5.60 Å². The van der Waals surface area contributed by atoms with Gasteiger partial charge in [-0.25, -0.2) is 0 Å². The minimum Gasteiger partial charge on any atom is -0.389 e. The van der Waals surface area contributed by atoms with Crippen LogP contribution in [0.4, 0.5) is 0 Å². The summed E-state index contributed by atoms with van der Waals surface area (Å²) in [5.41, 5.74) is 6.11. The van der Waals surface area contributed by atoms with Crippen molar-refractivity contribution in [3.63, 3.8) is 0 Å². The second-order valence-electron chi connectivity index (χ2n) is 4.99. The Morgan fingerprint density at radius 2 is 1.88 bits per heavy atom. The van der Waals surface area contributed by atoms with E-state index < -0.39 is 5.60 Å². The van der Waals surface area contributed by atoms with Crippen LogP contribution >= 0.6 is 0 Å². The molecule has 0 aromatic heterocycles. The Morgan fingerprint density at radius 3 is 2.47 bits per heavy atom. The summed E-state index contributed by atoms with van der Waals surface area (Å²) in [7, 11) is 2.08. The smallest absolute Gasteiger partial charge is 0.0753 e. The molecule has 3 N–H and O–H groups in total. The molecule has 0 spiro atoms. The fraction of sp³-hybridized carbons (Fsp3) is 0.571. The van der Waals surface area contributed by atoms with Gasteiger partial charge in [0.25, 0.3) is 0 Å². The minimum absolute atomic E-state index is 0.319. The van der Waals surface area contributed by atoms with Gasteiger partial charge in [-0.3, -0.25) is 0 Å². The summed E-state index contributed by atoms with van der Waals surface area (Å²) in [6.45, 7) is 3.99. The van der Waals surface area contributed by atoms with E-state index in [1.165, 1.54) is 5.56 Å². The fourth-order valence-corrected chi connectivity index (χ4v) is 1.61. The van der Waals surface area contributed by atoms with Crippen LogP contribution in [-0.2, 0) is 6.42 Å². The predicted molar refractivity (Wildman–Crippen MR) is 71.9 cm³/mol. The lowest BCUT2D eigenvalue weighted by molar-refractivity contribution is 0.0506. The highest BCUT2D eigenvalue weighted by molar-refractivity contribution is 5.14. The lowest BCUT2D eigenvalue weighted by Gasteiger charge is -2.24. The molecule has 96 valence electrons. The molecule has 3 heteroatoms. The topological polar surface area (TPSA) is 49.5 Å². The Labute approximate surface area is 104 Å². The van der Waals surface area contributed by atoms with E-state index in [2.05, 4.69) is 36.2 Å². The predicted octanol–water partition coefficient (Wildman–Crippen LogP) is 1.26. The number of aliphatic hydroxyl groups is 1. The Hall–Kier alpha value is -0.900. The van der Waals surface area contributed by atoms with Crippen LogP contribution in [0.2, 0.25) is 0 Å². The summed E-state index contributed by atoms with van der Waals surface area (Å²) in [5, 5.41) is 9.81. The zero-order valence-corrected chi connectivity index (χ0v) is 10.9. The molecule has 1 atom stereocenters. The van der Waals surface area contributed by atoms with E-state index in [0.717, 1.165) is 25.9 Å². The quantitative estimate of drug-likeness (QED) is 0.749. The lowest BCUT2D eigenvalue weighted by Crippen LogP contribution is -2.38. The van der Waals surface area contributed by atoms with Crippen LogP contribution in [0, 0.1) is 0 Å². The van der Waals surface area contributed by atoms with Crippen LogP contribution in [0.1, 0.15) is 18.9 Å². The number of nitrogens with zero attached hydrogens (tertiary/aromatic N) is 1. The maximum atomic E-state index is 9.81. The standard InChI is InChI=1S/C14H24N2O/c1-14(17,12-15)9-11-16(2)10-8-13-6-4-3-5-7-13/h3-7,17H,8-12,15H2,1-2H3. The lowest BCUT2D eigenvalue weighted by atomic mass is 10.0. The van der Waals surface area contributed by atoms with Crippen LogP contribution in [0.25, 0.3) is 0 Å². The van der Waals surface area contributed by atoms with Crippen molar-refractivity contribution >= 4 is 0 Å². The van der Waals surface area contributed by atoms with Gasteiger partial charge in [0.15, 0.2) is 0 Å². The first kappa shape index (κ1) is 14.2. The van der Waals surface area contributed by atoms with E-state index in [1.54, 1.807) is 6.92 Å². The van der Waals surface area contributed by atoms with Gasteiger partial charge in [0.1, 0.15) is 0 Å². The second-order valence-corrected chi connectivity index (χ2v) is 4.99. The summed E-state index contributed by atoms with van der Waals surface area (Å²) < 4.78 is 0. The summed E-state index contributed by atoms with van der Waals surface area (Å²) >= 11 is 0. The SMILES string of the molecule is CN(CCc1ccccc1)CCC(C)(O)CN. The van der Waals surface area contributed by atoms with E-state index in [4.69, 9.17) is 5.73 Å². The molecule has 0 radical (unpaired) electrons. The molecule has 0 saturated heterocycles. The molecule has 1 rings (SSSR count). The first-order valence-electron chi connectivity index (χ1n) is 6.18. The molecular weight excluding hydrogens is 212 g/mol. The highest BCUT2D eigenvalue weighted by Crippen LogP contribution is 2.08. The molecule has 0 amide bonds. The number of nitrogens with two attached hydrogens (primary N) is 1. The molecule has 1 aromatic carbocycles. The zero-order chi connectivity index (χ0) is 12.7. The molecule has 3 nitrogen and oxygen atoms in total. The molecule has 1 aromatic rings. The van der Waals surface area contributed by atoms with Gasteiger partial charge in [-0.2, -0.15) is 0 Å². The van der Waals surface area contributed by atoms with Crippen molar-refractivity contribution in [1.29, 1.82) is 0 Å². The van der Waals surface area contributed by atoms with Crippen LogP contribution < -0.4 is 5.73 Å². The summed E-state index contributed by atoms with van der Waals surface area (Å²) in [6.07, 6.45) is 1.76. The number of likely N-dealkylation sites (N-methyl/N-ethyl adjacent to an activating group) is 1. The summed E-state index contributed by atoms with van der Waals surface area (Å²) in [5.74, 6) is 0. The van der Waals surface area contributed by atoms with Crippen molar-refractivity contribution in [2.75, 3.05) is 26.7 Å². The van der Waals surface area contributed by atoms with Crippen LogP contribution in [-0.4, -0.2) is 42.3 Å². The maximum Gasteiger partial charge on any atom is 0.0753 e. The molecule has 0 bridgehead atoms. The first-order chi connectivity index (χ1) is 8.03. The molecule has 1 unspecified atom stereocenters. The first-order valence-corrected chi connectivity index (χ1v) is 6.18. The van der Waals surface area contributed by atoms with E-state index in [0.29, 0.717) is 6.54 Å². The maximum absolute atomic E-state index is 9.81. The average molecular weight is 236 g/mol. The van der Waals surface area contributed by atoms with E-state index >= 15 is 0 Å². The van der Waals surface area contributed by atoms with Gasteiger partial charge in [0.2, 0.25) is 0 Å². The molecule has 17 heavy (non-hydrogen) atoms. The van der Waals surface area contributed by atoms with Crippen molar-refractivity contribution < 1.29 is 5.11 Å². The van der Waals surface area contributed by atoms with Crippen molar-refractivity contribution in [3.05, 3.63) is 35.9 Å². The summed E-state index contributed by atoms with van der Waals surface area (Å²) in [4.78, 5) is 2.23. The van der Waals surface area contributed by atoms with Gasteiger partial charge in [0, 0.05) is 19.6 Å². The molecule has 0 heterocycles. The third-order valence-corrected chi connectivity index (χ3v) is 3.10. The normalized spacial score (nSPS) is 14.9. The number of rotatable bonds is 7. The van der Waals surface area contributed by atoms with Crippen molar-refractivity contribution in [3.8, 4) is 0 Å². The monoisotopic (exact) mass is 236 g/mol. The third-order valence-electron chi connectivity index (χ3n) is 3.10. The van der Waals surface area contributed by atoms with E-state index in [1.807, 2.05) is 6.07 Å². The van der Waals surface area contributed by atoms with Gasteiger partial charge >= 0.3 is 0 Å². The van der Waals surface area contributed by atoms with Gasteiger partial charge < -0.3 is 15.7 Å². The van der Waals surface area contributed by atoms with Gasteiger partial charge in [-0.1, -0.05) is 30.3 Å². The highest BCUT2D eigenvalue weighted by atomic mass is 16.3. The molecule has 0 aliphatic rings. The molecule has 0 aliphatic heterocycles. The fourth-order valence-electron chi connectivity index (χ4n) is 1.61. The largest absolute Gasteiger partial charge is 0.389 e. The minimum atomic E-state index is -0.735. The molecular formula is C14H24N2O. The van der Waals surface area contributed by atoms with Crippen molar-refractivity contribution in [2.24, 2.45) is 5.73 Å². The Morgan fingerprint density at radius 1 is 1.24 bits per heavy atom. The average Bonchev–Trinajstić information content (AvgIpc) is 2.35. The van der Waals surface area contributed by atoms with E-state index in [9.17, 15) is 5.11 Å². The Kier molecular flexibility index (Phi) is 5.62. The van der Waals surface area contributed by atoms with Gasteiger partial charge in [-0.15, -0.1) is 0 Å². The van der Waals surface area contributed by atoms with Crippen LogP contribution in [0.5, 0.6) is 0 Å². The summed E-state index contributed by atoms with van der Waals surface area (Å²) in [6, 6.07) is 10.4. The Balaban J connectivity index is 2.24. The van der Waals surface area contributed by atoms with Crippen molar-refractivity contribution in [2.45, 2.75) is 25.4 Å². The number of hydrogen-bond donors (Lipinski definition) is 2. The van der Waals surface area contributed by atoms with Crippen LogP contribution in [0.3, 0.4) is 0 Å². The molecule has 0 fully saturated rings. The number of benzene rings is 1. The Bertz CT molecular complexity index is 311. The van der Waals surface area contributed by atoms with Crippen LogP contribution in [0.15, 0.2) is 30.3 Å². The zero-order valence-electron chi connectivity index (χ0n) is 10.9.